The molecule has 5 rings (SSSR count). The van der Waals surface area contributed by atoms with E-state index in [0.717, 1.165) is 18.4 Å². The summed E-state index contributed by atoms with van der Waals surface area (Å²) >= 11 is 0. The monoisotopic (exact) mass is 618 g/mol. The topological polar surface area (TPSA) is 139 Å². The highest BCUT2D eigenvalue weighted by atomic mass is 16.6. The van der Waals surface area contributed by atoms with Gasteiger partial charge in [0, 0.05) is 30.4 Å². The van der Waals surface area contributed by atoms with Gasteiger partial charge in [0.2, 0.25) is 11.8 Å². The summed E-state index contributed by atoms with van der Waals surface area (Å²) in [5.41, 5.74) is 1.37. The zero-order valence-corrected chi connectivity index (χ0v) is 26.3. The molecule has 2 amide bonds. The predicted octanol–water partition coefficient (Wildman–Crippen LogP) is 5.57. The molecule has 13 heteroatoms. The van der Waals surface area contributed by atoms with Gasteiger partial charge in [0.1, 0.15) is 24.2 Å². The lowest BCUT2D eigenvalue weighted by Gasteiger charge is -2.27. The summed E-state index contributed by atoms with van der Waals surface area (Å²) in [4.78, 5) is 36.3. The van der Waals surface area contributed by atoms with Gasteiger partial charge in [0.15, 0.2) is 17.2 Å². The molecular formula is C32H38N6O7. The van der Waals surface area contributed by atoms with E-state index in [-0.39, 0.29) is 24.6 Å². The minimum absolute atomic E-state index is 0.0702. The van der Waals surface area contributed by atoms with Gasteiger partial charge >= 0.3 is 6.09 Å². The molecule has 2 aromatic carbocycles. The van der Waals surface area contributed by atoms with E-state index in [0.29, 0.717) is 58.6 Å². The molecule has 0 saturated heterocycles. The zero-order chi connectivity index (χ0) is 32.1. The third-order valence-electron chi connectivity index (χ3n) is 6.76. The lowest BCUT2D eigenvalue weighted by atomic mass is 10.1. The van der Waals surface area contributed by atoms with E-state index in [9.17, 15) is 9.59 Å². The smallest absolute Gasteiger partial charge is 0.410 e. The molecule has 0 unspecified atom stereocenters. The maximum atomic E-state index is 13.1. The number of ether oxygens (including phenoxy) is 5. The van der Waals surface area contributed by atoms with Gasteiger partial charge in [-0.05, 0) is 64.3 Å². The molecule has 0 aliphatic heterocycles. The van der Waals surface area contributed by atoms with Crippen LogP contribution in [0, 0.1) is 0 Å². The molecule has 45 heavy (non-hydrogen) atoms. The Balaban J connectivity index is 1.27. The number of hydrogen-bond donors (Lipinski definition) is 1. The van der Waals surface area contributed by atoms with Crippen molar-refractivity contribution in [3.8, 4) is 28.9 Å². The number of anilines is 1. The summed E-state index contributed by atoms with van der Waals surface area (Å²) in [7, 11) is 3.10. The van der Waals surface area contributed by atoms with Crippen molar-refractivity contribution < 1.29 is 33.3 Å². The highest BCUT2D eigenvalue weighted by Crippen LogP contribution is 2.36. The second kappa shape index (κ2) is 13.3. The normalized spacial score (nSPS) is 12.8. The van der Waals surface area contributed by atoms with E-state index in [1.54, 1.807) is 43.5 Å². The van der Waals surface area contributed by atoms with E-state index in [1.165, 1.54) is 17.2 Å². The van der Waals surface area contributed by atoms with E-state index < -0.39 is 5.60 Å². The molecule has 0 bridgehead atoms. The second-order valence-electron chi connectivity index (χ2n) is 11.6. The quantitative estimate of drug-likeness (QED) is 0.214. The van der Waals surface area contributed by atoms with Crippen molar-refractivity contribution >= 4 is 28.6 Å². The molecule has 4 aromatic rings. The van der Waals surface area contributed by atoms with Gasteiger partial charge in [-0.1, -0.05) is 0 Å². The molecule has 0 spiro atoms. The number of fused-ring (bicyclic) bond motifs is 1. The number of hydrogen-bond acceptors (Lipinski definition) is 10. The second-order valence-corrected chi connectivity index (χ2v) is 11.6. The van der Waals surface area contributed by atoms with Gasteiger partial charge in [-0.15, -0.1) is 0 Å². The lowest BCUT2D eigenvalue weighted by molar-refractivity contribution is -0.116. The number of benzene rings is 2. The minimum Gasteiger partial charge on any atom is -0.494 e. The van der Waals surface area contributed by atoms with Crippen LogP contribution < -0.4 is 24.3 Å². The minimum atomic E-state index is -0.599. The van der Waals surface area contributed by atoms with Crippen molar-refractivity contribution in [2.24, 2.45) is 0 Å². The van der Waals surface area contributed by atoms with Crippen molar-refractivity contribution in [1.82, 2.24) is 24.6 Å². The van der Waals surface area contributed by atoms with Crippen molar-refractivity contribution in [3.63, 3.8) is 0 Å². The van der Waals surface area contributed by atoms with Crippen LogP contribution in [0.25, 0.3) is 10.9 Å². The Morgan fingerprint density at radius 1 is 1.02 bits per heavy atom. The number of aromatic nitrogens is 4. The van der Waals surface area contributed by atoms with Crippen molar-refractivity contribution in [2.45, 2.75) is 65.3 Å². The van der Waals surface area contributed by atoms with Gasteiger partial charge in [0.05, 0.1) is 44.1 Å². The van der Waals surface area contributed by atoms with Gasteiger partial charge in [0.25, 0.3) is 0 Å². The molecule has 2 heterocycles. The third kappa shape index (κ3) is 8.11. The number of rotatable bonds is 12. The van der Waals surface area contributed by atoms with Gasteiger partial charge in [-0.3, -0.25) is 9.48 Å². The Labute approximate surface area is 261 Å². The van der Waals surface area contributed by atoms with Crippen LogP contribution in [-0.4, -0.2) is 69.1 Å². The van der Waals surface area contributed by atoms with Crippen LogP contribution in [0.4, 0.5) is 10.5 Å². The predicted molar refractivity (Wildman–Crippen MR) is 166 cm³/mol. The number of amides is 2. The Morgan fingerprint density at radius 2 is 1.78 bits per heavy atom. The van der Waals surface area contributed by atoms with Crippen LogP contribution in [0.5, 0.6) is 28.9 Å². The maximum absolute atomic E-state index is 13.1. The first-order valence-corrected chi connectivity index (χ1v) is 14.7. The van der Waals surface area contributed by atoms with E-state index >= 15 is 0 Å². The summed E-state index contributed by atoms with van der Waals surface area (Å²) in [6.45, 7) is 8.15. The summed E-state index contributed by atoms with van der Waals surface area (Å²) in [6, 6.07) is 9.07. The first-order chi connectivity index (χ1) is 21.5. The molecule has 1 aliphatic carbocycles. The summed E-state index contributed by atoms with van der Waals surface area (Å²) in [6.07, 6.45) is 6.00. The number of carbonyl (C=O) groups excluding carboxylic acids is 2. The molecule has 238 valence electrons. The maximum Gasteiger partial charge on any atom is 0.410 e. The fraction of sp³-hybridized carbons (Fsp3) is 0.406. The Bertz CT molecular complexity index is 1680. The van der Waals surface area contributed by atoms with Crippen LogP contribution in [0.2, 0.25) is 0 Å². The summed E-state index contributed by atoms with van der Waals surface area (Å²) < 4.78 is 29.6. The van der Waals surface area contributed by atoms with E-state index in [2.05, 4.69) is 20.4 Å². The molecule has 1 fully saturated rings. The highest BCUT2D eigenvalue weighted by molar-refractivity contribution is 5.91. The molecule has 2 aromatic heterocycles. The van der Waals surface area contributed by atoms with Gasteiger partial charge in [-0.2, -0.15) is 5.10 Å². The van der Waals surface area contributed by atoms with Crippen LogP contribution in [0.15, 0.2) is 49.1 Å². The molecule has 1 N–H and O–H groups in total. The SMILES string of the molecule is CCOc1cc(CN(C(=O)OC(C)(C)C)C2CC2)cc(NC(=O)Cn2cc(Oc3ncnc4cc(OC)c(OC)cc34)cn2)c1. The first-order valence-electron chi connectivity index (χ1n) is 14.7. The lowest BCUT2D eigenvalue weighted by Crippen LogP contribution is -2.37. The average molecular weight is 619 g/mol. The number of carbonyl (C=O) groups is 2. The van der Waals surface area contributed by atoms with E-state index in [1.807, 2.05) is 39.8 Å². The van der Waals surface area contributed by atoms with Crippen LogP contribution in [-0.2, 0) is 22.6 Å². The molecular weight excluding hydrogens is 580 g/mol. The molecule has 0 radical (unpaired) electrons. The van der Waals surface area contributed by atoms with Gasteiger partial charge in [-0.25, -0.2) is 14.8 Å². The standard InChI is InChI=1S/C32H38N6O7/c1-7-43-23-11-20(16-38(22-8-9-22)31(40)45-32(2,3)4)10-21(12-23)36-29(39)18-37-17-24(15-35-37)44-30-25-13-27(41-5)28(42-6)14-26(25)33-19-34-30/h10-15,17,19,22H,7-9,16,18H2,1-6H3,(H,36,39). The van der Waals surface area contributed by atoms with Gasteiger partial charge < -0.3 is 33.9 Å². The largest absolute Gasteiger partial charge is 0.494 e. The van der Waals surface area contributed by atoms with Crippen molar-refractivity contribution in [2.75, 3.05) is 26.1 Å². The van der Waals surface area contributed by atoms with Crippen molar-refractivity contribution in [1.29, 1.82) is 0 Å². The first kappa shape index (κ1) is 31.4. The fourth-order valence-corrected chi connectivity index (χ4v) is 4.70. The Hall–Kier alpha value is -5.07. The van der Waals surface area contributed by atoms with Crippen LogP contribution in [0.3, 0.4) is 0 Å². The number of nitrogens with zero attached hydrogens (tertiary/aromatic N) is 5. The Kier molecular flexibility index (Phi) is 9.26. The fourth-order valence-electron chi connectivity index (χ4n) is 4.70. The van der Waals surface area contributed by atoms with Crippen LogP contribution >= 0.6 is 0 Å². The molecule has 1 saturated carbocycles. The molecule has 0 atom stereocenters. The van der Waals surface area contributed by atoms with E-state index in [4.69, 9.17) is 23.7 Å². The molecule has 1 aliphatic rings. The average Bonchev–Trinajstić information content (AvgIpc) is 3.73. The Morgan fingerprint density at radius 3 is 2.47 bits per heavy atom. The van der Waals surface area contributed by atoms with Crippen LogP contribution in [0.1, 0.15) is 46.1 Å². The zero-order valence-electron chi connectivity index (χ0n) is 26.3. The number of methoxy groups -OCH3 is 2. The summed E-state index contributed by atoms with van der Waals surface area (Å²) in [5.74, 6) is 2.03. The van der Waals surface area contributed by atoms with Crippen molar-refractivity contribution in [3.05, 3.63) is 54.6 Å². The highest BCUT2D eigenvalue weighted by Gasteiger charge is 2.35. The molecule has 13 nitrogen and oxygen atoms in total. The summed E-state index contributed by atoms with van der Waals surface area (Å²) in [5, 5.41) is 7.82. The third-order valence-corrected chi connectivity index (χ3v) is 6.76. The number of nitrogens with one attached hydrogen (secondary N) is 1.